The van der Waals surface area contributed by atoms with Crippen molar-refractivity contribution in [1.82, 2.24) is 20.2 Å². The van der Waals surface area contributed by atoms with E-state index in [1.54, 1.807) is 24.3 Å². The molecule has 0 amide bonds. The summed E-state index contributed by atoms with van der Waals surface area (Å²) in [5.74, 6) is -1.74. The molecule has 1 aliphatic heterocycles. The van der Waals surface area contributed by atoms with Gasteiger partial charge in [-0.05, 0) is 18.2 Å². The lowest BCUT2D eigenvalue weighted by Crippen LogP contribution is -2.26. The molecule has 0 unspecified atom stereocenters. The van der Waals surface area contributed by atoms with Gasteiger partial charge in [-0.25, -0.2) is 18.2 Å². The van der Waals surface area contributed by atoms with Gasteiger partial charge >= 0.3 is 0 Å². The fourth-order valence-electron chi connectivity index (χ4n) is 2.97. The van der Waals surface area contributed by atoms with Crippen molar-refractivity contribution in [3.8, 4) is 17.0 Å². The first-order valence-corrected chi connectivity index (χ1v) is 8.56. The van der Waals surface area contributed by atoms with Crippen LogP contribution in [0.3, 0.4) is 0 Å². The van der Waals surface area contributed by atoms with Gasteiger partial charge in [0.1, 0.15) is 17.4 Å². The number of benzene rings is 1. The van der Waals surface area contributed by atoms with Gasteiger partial charge in [0.05, 0.1) is 19.3 Å². The Kier molecular flexibility index (Phi) is 4.54. The van der Waals surface area contributed by atoms with Gasteiger partial charge in [-0.15, -0.1) is 0 Å². The first kappa shape index (κ1) is 18.1. The molecule has 0 atom stereocenters. The average Bonchev–Trinajstić information content (AvgIpc) is 3.28. The molecule has 4 rings (SSSR count). The summed E-state index contributed by atoms with van der Waals surface area (Å²) in [5, 5.41) is 9.81. The maximum Gasteiger partial charge on any atom is 0.267 e. The quantitative estimate of drug-likeness (QED) is 0.693. The number of nitrogens with zero attached hydrogens (tertiary/aromatic N) is 4. The molecule has 2 N–H and O–H groups in total. The van der Waals surface area contributed by atoms with Crippen LogP contribution in [-0.4, -0.2) is 46.3 Å². The maximum absolute atomic E-state index is 14.2. The Labute approximate surface area is 158 Å². The first-order chi connectivity index (χ1) is 13.4. The summed E-state index contributed by atoms with van der Waals surface area (Å²) >= 11 is 0. The van der Waals surface area contributed by atoms with E-state index in [-0.39, 0.29) is 18.9 Å². The molecule has 1 aliphatic rings. The highest BCUT2D eigenvalue weighted by atomic mass is 19.3. The Morgan fingerprint density at radius 2 is 2.07 bits per heavy atom. The molecular weight excluding hydrogens is 373 g/mol. The van der Waals surface area contributed by atoms with Crippen molar-refractivity contribution in [3.63, 3.8) is 0 Å². The summed E-state index contributed by atoms with van der Waals surface area (Å²) in [6.07, 6.45) is 1.27. The second-order valence-electron chi connectivity index (χ2n) is 6.41. The average molecular weight is 390 g/mol. The molecule has 0 bridgehead atoms. The standard InChI is InChI=1S/C18H17F3N6O/c1-28-11-2-3-12(13(19)8-11)14-9-16(26-25-14)23-15-4-6-22-17(24-15)27-7-5-18(20,21)10-27/h2-4,6,8-9H,5,7,10H2,1H3,(H2,22,23,24,25,26). The molecule has 2 aromatic heterocycles. The van der Waals surface area contributed by atoms with Gasteiger partial charge in [-0.2, -0.15) is 10.1 Å². The number of hydrogen-bond donors (Lipinski definition) is 2. The van der Waals surface area contributed by atoms with Crippen LogP contribution in [0.25, 0.3) is 11.3 Å². The highest BCUT2D eigenvalue weighted by Crippen LogP contribution is 2.30. The summed E-state index contributed by atoms with van der Waals surface area (Å²) < 4.78 is 46.0. The molecule has 3 aromatic rings. The van der Waals surface area contributed by atoms with Gasteiger partial charge in [-0.3, -0.25) is 5.10 Å². The summed E-state index contributed by atoms with van der Waals surface area (Å²) in [6, 6.07) is 7.74. The van der Waals surface area contributed by atoms with Crippen molar-refractivity contribution in [3.05, 3.63) is 42.3 Å². The molecule has 0 spiro atoms. The van der Waals surface area contributed by atoms with Crippen molar-refractivity contribution >= 4 is 17.6 Å². The number of ether oxygens (including phenoxy) is 1. The fourth-order valence-corrected chi connectivity index (χ4v) is 2.97. The zero-order chi connectivity index (χ0) is 19.7. The summed E-state index contributed by atoms with van der Waals surface area (Å²) in [6.45, 7) is -0.209. The highest BCUT2D eigenvalue weighted by Gasteiger charge is 2.39. The van der Waals surface area contributed by atoms with Crippen molar-refractivity contribution in [2.24, 2.45) is 0 Å². The lowest BCUT2D eigenvalue weighted by atomic mass is 10.1. The van der Waals surface area contributed by atoms with Gasteiger partial charge in [0.15, 0.2) is 5.82 Å². The molecule has 146 valence electrons. The molecule has 10 heteroatoms. The van der Waals surface area contributed by atoms with Gasteiger partial charge in [-0.1, -0.05) is 0 Å². The number of aromatic amines is 1. The number of methoxy groups -OCH3 is 1. The van der Waals surface area contributed by atoms with E-state index in [2.05, 4.69) is 25.5 Å². The van der Waals surface area contributed by atoms with Crippen LogP contribution in [0, 0.1) is 5.82 Å². The maximum atomic E-state index is 14.2. The van der Waals surface area contributed by atoms with E-state index in [9.17, 15) is 13.2 Å². The number of hydrogen-bond acceptors (Lipinski definition) is 6. The Morgan fingerprint density at radius 3 is 2.79 bits per heavy atom. The largest absolute Gasteiger partial charge is 0.497 e. The van der Waals surface area contributed by atoms with Crippen molar-refractivity contribution in [2.45, 2.75) is 12.3 Å². The van der Waals surface area contributed by atoms with Gasteiger partial charge in [0, 0.05) is 36.9 Å². The fraction of sp³-hybridized carbons (Fsp3) is 0.278. The van der Waals surface area contributed by atoms with E-state index >= 15 is 0 Å². The lowest BCUT2D eigenvalue weighted by Gasteiger charge is -2.16. The predicted octanol–water partition coefficient (Wildman–Crippen LogP) is 3.60. The van der Waals surface area contributed by atoms with Crippen LogP contribution < -0.4 is 15.0 Å². The number of alkyl halides is 2. The zero-order valence-electron chi connectivity index (χ0n) is 14.9. The molecule has 28 heavy (non-hydrogen) atoms. The van der Waals surface area contributed by atoms with E-state index in [0.29, 0.717) is 28.6 Å². The monoisotopic (exact) mass is 390 g/mol. The van der Waals surface area contributed by atoms with E-state index < -0.39 is 18.3 Å². The second-order valence-corrected chi connectivity index (χ2v) is 6.41. The van der Waals surface area contributed by atoms with E-state index in [1.165, 1.54) is 24.3 Å². The summed E-state index contributed by atoms with van der Waals surface area (Å²) in [4.78, 5) is 9.76. The summed E-state index contributed by atoms with van der Waals surface area (Å²) in [7, 11) is 1.46. The van der Waals surface area contributed by atoms with Crippen LogP contribution in [0.5, 0.6) is 5.75 Å². The van der Waals surface area contributed by atoms with E-state index in [1.807, 2.05) is 0 Å². The lowest BCUT2D eigenvalue weighted by molar-refractivity contribution is 0.0256. The van der Waals surface area contributed by atoms with Gasteiger partial charge < -0.3 is 15.0 Å². The topological polar surface area (TPSA) is 79.0 Å². The predicted molar refractivity (Wildman–Crippen MR) is 97.6 cm³/mol. The molecule has 1 fully saturated rings. The minimum absolute atomic E-state index is 0.194. The molecule has 1 aromatic carbocycles. The third kappa shape index (κ3) is 3.71. The Morgan fingerprint density at radius 1 is 1.21 bits per heavy atom. The summed E-state index contributed by atoms with van der Waals surface area (Å²) in [5.41, 5.74) is 0.806. The highest BCUT2D eigenvalue weighted by molar-refractivity contribution is 5.66. The van der Waals surface area contributed by atoms with E-state index in [0.717, 1.165) is 0 Å². The molecule has 0 aliphatic carbocycles. The van der Waals surface area contributed by atoms with Crippen LogP contribution in [0.15, 0.2) is 36.5 Å². The van der Waals surface area contributed by atoms with Crippen LogP contribution in [-0.2, 0) is 0 Å². The SMILES string of the molecule is COc1ccc(-c2cc(Nc3ccnc(N4CCC(F)(F)C4)n3)n[nH]2)c(F)c1. The van der Waals surface area contributed by atoms with Gasteiger partial charge in [0.2, 0.25) is 5.95 Å². The Balaban J connectivity index is 1.51. The van der Waals surface area contributed by atoms with Crippen LogP contribution in [0.2, 0.25) is 0 Å². The van der Waals surface area contributed by atoms with Crippen molar-refractivity contribution < 1.29 is 17.9 Å². The minimum Gasteiger partial charge on any atom is -0.497 e. The molecule has 7 nitrogen and oxygen atoms in total. The molecule has 1 saturated heterocycles. The van der Waals surface area contributed by atoms with Crippen LogP contribution >= 0.6 is 0 Å². The van der Waals surface area contributed by atoms with Crippen molar-refractivity contribution in [2.75, 3.05) is 30.4 Å². The second kappa shape index (κ2) is 7.02. The molecule has 3 heterocycles. The number of anilines is 3. The normalized spacial score (nSPS) is 15.6. The van der Waals surface area contributed by atoms with Gasteiger partial charge in [0.25, 0.3) is 5.92 Å². The van der Waals surface area contributed by atoms with E-state index in [4.69, 9.17) is 4.74 Å². The third-order valence-corrected chi connectivity index (χ3v) is 4.40. The number of halogens is 3. The molecular formula is C18H17F3N6O. The van der Waals surface area contributed by atoms with Crippen molar-refractivity contribution in [1.29, 1.82) is 0 Å². The minimum atomic E-state index is -2.73. The number of rotatable bonds is 5. The Bertz CT molecular complexity index is 993. The van der Waals surface area contributed by atoms with Crippen LogP contribution in [0.1, 0.15) is 6.42 Å². The Hall–Kier alpha value is -3.30. The molecule has 0 radical (unpaired) electrons. The third-order valence-electron chi connectivity index (χ3n) is 4.40. The number of nitrogens with one attached hydrogen (secondary N) is 2. The number of H-pyrrole nitrogens is 1. The smallest absolute Gasteiger partial charge is 0.267 e. The zero-order valence-corrected chi connectivity index (χ0v) is 14.9. The number of aromatic nitrogens is 4. The molecule has 0 saturated carbocycles. The van der Waals surface area contributed by atoms with Crippen LogP contribution in [0.4, 0.5) is 30.8 Å². The first-order valence-electron chi connectivity index (χ1n) is 8.56.